The van der Waals surface area contributed by atoms with Crippen molar-refractivity contribution < 1.29 is 14.4 Å². The lowest BCUT2D eigenvalue weighted by Gasteiger charge is -2.24. The zero-order valence-corrected chi connectivity index (χ0v) is 17.3. The summed E-state index contributed by atoms with van der Waals surface area (Å²) in [5.41, 5.74) is 1.83. The van der Waals surface area contributed by atoms with E-state index in [0.717, 1.165) is 11.3 Å². The molecule has 2 aromatic carbocycles. The van der Waals surface area contributed by atoms with Crippen LogP contribution in [0.3, 0.4) is 0 Å². The van der Waals surface area contributed by atoms with Crippen molar-refractivity contribution in [1.29, 1.82) is 0 Å². The molecular formula is C23H27N3O3. The molecule has 0 unspecified atom stereocenters. The first-order valence-electron chi connectivity index (χ1n) is 9.72. The second kappa shape index (κ2) is 7.70. The fourth-order valence-electron chi connectivity index (χ4n) is 3.26. The second-order valence-corrected chi connectivity index (χ2v) is 8.54. The lowest BCUT2D eigenvalue weighted by molar-refractivity contribution is -0.131. The first-order chi connectivity index (χ1) is 13.6. The van der Waals surface area contributed by atoms with Crippen LogP contribution in [0.15, 0.2) is 48.5 Å². The third-order valence-corrected chi connectivity index (χ3v) is 5.07. The number of benzene rings is 2. The van der Waals surface area contributed by atoms with Crippen LogP contribution in [-0.2, 0) is 19.8 Å². The SMILES string of the molecule is CC(=O)Nc1ccc(NC(=O)C2(C(=O)Nc3ccccc3C(C)(C)C)CC2)cc1. The number of carbonyl (C=O) groups excluding carboxylic acids is 3. The molecule has 1 saturated carbocycles. The Morgan fingerprint density at radius 3 is 1.83 bits per heavy atom. The van der Waals surface area contributed by atoms with E-state index in [1.807, 2.05) is 24.3 Å². The molecule has 1 aliphatic rings. The van der Waals surface area contributed by atoms with Gasteiger partial charge >= 0.3 is 0 Å². The van der Waals surface area contributed by atoms with Crippen LogP contribution in [-0.4, -0.2) is 17.7 Å². The standard InChI is InChI=1S/C23H27N3O3/c1-15(27)24-16-9-11-17(12-10-16)25-20(28)23(13-14-23)21(29)26-19-8-6-5-7-18(19)22(2,3)4/h5-12H,13-14H2,1-4H3,(H,24,27)(H,25,28)(H,26,29). The Morgan fingerprint density at radius 2 is 1.31 bits per heavy atom. The number of nitrogens with one attached hydrogen (secondary N) is 3. The first-order valence-corrected chi connectivity index (χ1v) is 9.72. The summed E-state index contributed by atoms with van der Waals surface area (Å²) in [6.07, 6.45) is 1.04. The average Bonchev–Trinajstić information content (AvgIpc) is 3.44. The molecular weight excluding hydrogens is 366 g/mol. The highest BCUT2D eigenvalue weighted by molar-refractivity contribution is 6.17. The molecule has 0 bridgehead atoms. The van der Waals surface area contributed by atoms with E-state index in [-0.39, 0.29) is 23.1 Å². The minimum absolute atomic E-state index is 0.126. The highest BCUT2D eigenvalue weighted by atomic mass is 16.2. The monoisotopic (exact) mass is 393 g/mol. The predicted molar refractivity (Wildman–Crippen MR) is 115 cm³/mol. The van der Waals surface area contributed by atoms with E-state index in [2.05, 4.69) is 36.7 Å². The van der Waals surface area contributed by atoms with Crippen LogP contribution in [0.5, 0.6) is 0 Å². The number of hydrogen-bond acceptors (Lipinski definition) is 3. The van der Waals surface area contributed by atoms with Crippen molar-refractivity contribution in [1.82, 2.24) is 0 Å². The normalized spacial score (nSPS) is 14.6. The van der Waals surface area contributed by atoms with Crippen LogP contribution in [0.2, 0.25) is 0 Å². The largest absolute Gasteiger partial charge is 0.326 e. The van der Waals surface area contributed by atoms with Crippen LogP contribution in [0.25, 0.3) is 0 Å². The molecule has 0 atom stereocenters. The number of anilines is 3. The Hall–Kier alpha value is -3.15. The molecule has 3 rings (SSSR count). The molecule has 0 heterocycles. The summed E-state index contributed by atoms with van der Waals surface area (Å²) in [5, 5.41) is 8.47. The molecule has 3 N–H and O–H groups in total. The van der Waals surface area contributed by atoms with Crippen LogP contribution in [0, 0.1) is 5.41 Å². The van der Waals surface area contributed by atoms with Gasteiger partial charge in [0.15, 0.2) is 0 Å². The van der Waals surface area contributed by atoms with Gasteiger partial charge in [0.05, 0.1) is 0 Å². The maximum absolute atomic E-state index is 13.0. The molecule has 0 aromatic heterocycles. The number of hydrogen-bond donors (Lipinski definition) is 3. The lowest BCUT2D eigenvalue weighted by Crippen LogP contribution is -2.36. The van der Waals surface area contributed by atoms with Gasteiger partial charge in [-0.1, -0.05) is 39.0 Å². The van der Waals surface area contributed by atoms with Crippen molar-refractivity contribution in [2.45, 2.75) is 46.0 Å². The van der Waals surface area contributed by atoms with Gasteiger partial charge in [0, 0.05) is 24.0 Å². The number of carbonyl (C=O) groups is 3. The van der Waals surface area contributed by atoms with E-state index >= 15 is 0 Å². The zero-order chi connectivity index (χ0) is 21.2. The predicted octanol–water partition coefficient (Wildman–Crippen LogP) is 4.30. The summed E-state index contributed by atoms with van der Waals surface area (Å²) in [6, 6.07) is 14.5. The molecule has 0 radical (unpaired) electrons. The van der Waals surface area contributed by atoms with Crippen LogP contribution in [0.1, 0.15) is 46.1 Å². The van der Waals surface area contributed by atoms with Gasteiger partial charge in [-0.25, -0.2) is 0 Å². The van der Waals surface area contributed by atoms with Gasteiger partial charge in [0.2, 0.25) is 17.7 Å². The zero-order valence-electron chi connectivity index (χ0n) is 17.3. The van der Waals surface area contributed by atoms with E-state index in [1.165, 1.54) is 6.92 Å². The van der Waals surface area contributed by atoms with Crippen LogP contribution < -0.4 is 16.0 Å². The van der Waals surface area contributed by atoms with E-state index in [0.29, 0.717) is 24.2 Å². The third-order valence-electron chi connectivity index (χ3n) is 5.07. The van der Waals surface area contributed by atoms with E-state index in [1.54, 1.807) is 24.3 Å². The average molecular weight is 393 g/mol. The fraction of sp³-hybridized carbons (Fsp3) is 0.348. The molecule has 0 spiro atoms. The molecule has 6 nitrogen and oxygen atoms in total. The van der Waals surface area contributed by atoms with Crippen molar-refractivity contribution >= 4 is 34.8 Å². The van der Waals surface area contributed by atoms with E-state index < -0.39 is 5.41 Å². The third kappa shape index (κ3) is 4.65. The molecule has 0 aliphatic heterocycles. The summed E-state index contributed by atoms with van der Waals surface area (Å²) < 4.78 is 0. The molecule has 2 aromatic rings. The summed E-state index contributed by atoms with van der Waals surface area (Å²) in [6.45, 7) is 7.69. The van der Waals surface area contributed by atoms with Gasteiger partial charge in [-0.3, -0.25) is 14.4 Å². The molecule has 29 heavy (non-hydrogen) atoms. The number of para-hydroxylation sites is 1. The van der Waals surface area contributed by atoms with Crippen molar-refractivity contribution in [3.05, 3.63) is 54.1 Å². The van der Waals surface area contributed by atoms with Gasteiger partial charge in [0.25, 0.3) is 0 Å². The van der Waals surface area contributed by atoms with Crippen molar-refractivity contribution in [2.75, 3.05) is 16.0 Å². The Kier molecular flexibility index (Phi) is 5.46. The highest BCUT2D eigenvalue weighted by Crippen LogP contribution is 2.48. The highest BCUT2D eigenvalue weighted by Gasteiger charge is 2.56. The van der Waals surface area contributed by atoms with Crippen molar-refractivity contribution in [3.8, 4) is 0 Å². The quantitative estimate of drug-likeness (QED) is 0.662. The Morgan fingerprint density at radius 1 is 0.793 bits per heavy atom. The molecule has 0 saturated heterocycles. The lowest BCUT2D eigenvalue weighted by atomic mass is 9.85. The Bertz CT molecular complexity index is 939. The Balaban J connectivity index is 1.70. The molecule has 3 amide bonds. The number of amides is 3. The first kappa shape index (κ1) is 20.6. The van der Waals surface area contributed by atoms with E-state index in [4.69, 9.17) is 0 Å². The summed E-state index contributed by atoms with van der Waals surface area (Å²) in [4.78, 5) is 36.9. The summed E-state index contributed by atoms with van der Waals surface area (Å²) >= 11 is 0. The minimum Gasteiger partial charge on any atom is -0.326 e. The fourth-order valence-corrected chi connectivity index (χ4v) is 3.26. The minimum atomic E-state index is -1.04. The van der Waals surface area contributed by atoms with E-state index in [9.17, 15) is 14.4 Å². The maximum atomic E-state index is 13.0. The summed E-state index contributed by atoms with van der Waals surface area (Å²) in [7, 11) is 0. The smallest absolute Gasteiger partial charge is 0.240 e. The molecule has 1 fully saturated rings. The maximum Gasteiger partial charge on any atom is 0.240 e. The van der Waals surface area contributed by atoms with Crippen LogP contribution in [0.4, 0.5) is 17.1 Å². The van der Waals surface area contributed by atoms with Gasteiger partial charge in [-0.15, -0.1) is 0 Å². The Labute approximate surface area is 171 Å². The van der Waals surface area contributed by atoms with Gasteiger partial charge in [0.1, 0.15) is 5.41 Å². The summed E-state index contributed by atoms with van der Waals surface area (Å²) in [5.74, 6) is -0.747. The number of rotatable bonds is 5. The van der Waals surface area contributed by atoms with Gasteiger partial charge in [-0.05, 0) is 54.2 Å². The van der Waals surface area contributed by atoms with Crippen LogP contribution >= 0.6 is 0 Å². The van der Waals surface area contributed by atoms with Crippen molar-refractivity contribution in [2.24, 2.45) is 5.41 Å². The second-order valence-electron chi connectivity index (χ2n) is 8.54. The van der Waals surface area contributed by atoms with Crippen molar-refractivity contribution in [3.63, 3.8) is 0 Å². The van der Waals surface area contributed by atoms with Gasteiger partial charge in [-0.2, -0.15) is 0 Å². The topological polar surface area (TPSA) is 87.3 Å². The van der Waals surface area contributed by atoms with Gasteiger partial charge < -0.3 is 16.0 Å². The molecule has 1 aliphatic carbocycles. The molecule has 152 valence electrons. The molecule has 6 heteroatoms.